The summed E-state index contributed by atoms with van der Waals surface area (Å²) in [5, 5.41) is 14.0. The zero-order chi connectivity index (χ0) is 65.4. The molecule has 1 fully saturated rings. The summed E-state index contributed by atoms with van der Waals surface area (Å²) in [5.74, 6) is -7.63. The number of amides is 6. The lowest BCUT2D eigenvalue weighted by molar-refractivity contribution is -0.176. The Morgan fingerprint density at radius 2 is 0.682 bits per heavy atom. The zero-order valence-electron chi connectivity index (χ0n) is 53.8. The average Bonchev–Trinajstić information content (AvgIpc) is 3.25. The smallest absolute Gasteiger partial charge is 0.329 e. The number of likely N-dealkylation sites (N-methyl/N-ethyl adjacent to an activating group) is 4. The number of hydrogen-bond donors (Lipinski definition) is 2. The van der Waals surface area contributed by atoms with Gasteiger partial charge >= 0.3 is 23.9 Å². The first-order chi connectivity index (χ1) is 41.3. The molecule has 24 nitrogen and oxygen atoms in total. The summed E-state index contributed by atoms with van der Waals surface area (Å²) in [6.07, 6.45) is -2.99. The molecule has 480 valence electrons. The molecule has 0 saturated carbocycles. The van der Waals surface area contributed by atoms with Crippen molar-refractivity contribution in [3.8, 4) is 0 Å². The summed E-state index contributed by atoms with van der Waals surface area (Å²) in [6.45, 7) is 20.7. The highest BCUT2D eigenvalue weighted by Gasteiger charge is 2.43. The van der Waals surface area contributed by atoms with E-state index in [1.807, 2.05) is 55.4 Å². The van der Waals surface area contributed by atoms with Crippen molar-refractivity contribution in [1.82, 2.24) is 39.2 Å². The van der Waals surface area contributed by atoms with Gasteiger partial charge in [-0.15, -0.1) is 0 Å². The average molecular weight is 1220 g/mol. The maximum absolute atomic E-state index is 15.1. The van der Waals surface area contributed by atoms with Gasteiger partial charge in [-0.25, -0.2) is 19.2 Å². The third-order valence-corrected chi connectivity index (χ3v) is 14.9. The lowest BCUT2D eigenvalue weighted by atomic mass is 9.99. The van der Waals surface area contributed by atoms with Crippen molar-refractivity contribution in [2.45, 2.75) is 183 Å². The van der Waals surface area contributed by atoms with Crippen LogP contribution in [0, 0.1) is 23.7 Å². The van der Waals surface area contributed by atoms with Crippen LogP contribution >= 0.6 is 0 Å². The van der Waals surface area contributed by atoms with Gasteiger partial charge in [0.05, 0.1) is 13.1 Å². The number of esters is 4. The number of cyclic esters (lactones) is 4. The van der Waals surface area contributed by atoms with Crippen LogP contribution in [0.15, 0.2) is 73.1 Å². The molecule has 8 atom stereocenters. The first-order valence-corrected chi connectivity index (χ1v) is 30.0. The summed E-state index contributed by atoms with van der Waals surface area (Å²) in [4.78, 5) is 146. The molecule has 3 heterocycles. The maximum Gasteiger partial charge on any atom is 0.329 e. The Morgan fingerprint density at radius 1 is 0.420 bits per heavy atom. The largest absolute Gasteiger partial charge is 0.451 e. The van der Waals surface area contributed by atoms with Crippen LogP contribution in [-0.4, -0.2) is 175 Å². The molecule has 2 aromatic carbocycles. The van der Waals surface area contributed by atoms with Crippen molar-refractivity contribution in [2.24, 2.45) is 23.7 Å². The molecule has 1 aliphatic rings. The number of aromatic nitrogens is 4. The minimum Gasteiger partial charge on any atom is -0.451 e. The van der Waals surface area contributed by atoms with E-state index in [2.05, 4.69) is 20.8 Å². The van der Waals surface area contributed by atoms with Gasteiger partial charge in [0, 0.05) is 79.4 Å². The summed E-state index contributed by atoms with van der Waals surface area (Å²) in [6, 6.07) is 12.2. The molecule has 0 spiro atoms. The van der Waals surface area contributed by atoms with Gasteiger partial charge in [0.25, 0.3) is 23.6 Å². The number of carbonyl (C=O) groups is 10. The first kappa shape index (κ1) is 70.3. The molecule has 0 unspecified atom stereocenters. The number of nitrogens with one attached hydrogen (secondary N) is 2. The van der Waals surface area contributed by atoms with Crippen molar-refractivity contribution in [2.75, 3.05) is 38.8 Å². The van der Waals surface area contributed by atoms with Crippen LogP contribution in [0.3, 0.4) is 0 Å². The van der Waals surface area contributed by atoms with E-state index >= 15 is 9.59 Å². The highest BCUT2D eigenvalue weighted by Crippen LogP contribution is 2.25. The van der Waals surface area contributed by atoms with E-state index in [-0.39, 0.29) is 74.0 Å². The molecule has 6 amide bonds. The molecule has 1 aliphatic heterocycles. The first-order valence-electron chi connectivity index (χ1n) is 30.0. The highest BCUT2D eigenvalue weighted by atomic mass is 16.6. The van der Waals surface area contributed by atoms with Gasteiger partial charge in [0.1, 0.15) is 24.2 Å². The Balaban J connectivity index is 1.57. The Hall–Kier alpha value is -8.44. The molecule has 4 aromatic rings. The predicted octanol–water partition coefficient (Wildman–Crippen LogP) is 6.07. The monoisotopic (exact) mass is 1220 g/mol. The van der Waals surface area contributed by atoms with Crippen LogP contribution in [0.4, 0.5) is 11.6 Å². The minimum atomic E-state index is -1.59. The number of carbonyl (C=O) groups excluding carboxylic acids is 10. The minimum absolute atomic E-state index is 0.0477. The second-order valence-electron chi connectivity index (χ2n) is 24.6. The van der Waals surface area contributed by atoms with Gasteiger partial charge in [-0.3, -0.25) is 38.1 Å². The molecule has 5 rings (SSSR count). The van der Waals surface area contributed by atoms with Crippen molar-refractivity contribution >= 4 is 71.0 Å². The third-order valence-electron chi connectivity index (χ3n) is 14.9. The van der Waals surface area contributed by atoms with E-state index in [9.17, 15) is 38.4 Å². The van der Waals surface area contributed by atoms with Gasteiger partial charge in [0.2, 0.25) is 11.8 Å². The molecule has 0 bridgehead atoms. The standard InChI is InChI=1S/C64H90N10O14/c1-37(2)29-49-61(81)85-41(9)57(77)69(13)52(32-40(7)8)64(84)88-54(34-46-19-23-48(24-20-46)36-74-28-26-56(68-74)66-44(12)76)60(80)72(16)50(30-38(3)4)62(82)86-42(10)58(78)70(14)51(31-39(5)6)63(83)87-53(59(79)71(49)15)33-45-17-21-47(22-18-45)35-73-27-25-55(67-73)65-43(11)75/h17-28,37-42,49-54H,29-36H2,1-16H3,(H,65,67,75)(H,66,68,76)/t41-,42-,49+,50+,51+,52+,53-,54-/m1/s1. The van der Waals surface area contributed by atoms with Crippen molar-refractivity contribution in [3.05, 3.63) is 95.3 Å². The molecule has 0 radical (unpaired) electrons. The van der Waals surface area contributed by atoms with Crippen LogP contribution in [-0.2, 0) is 92.8 Å². The van der Waals surface area contributed by atoms with Gasteiger partial charge in [-0.2, -0.15) is 10.2 Å². The summed E-state index contributed by atoms with van der Waals surface area (Å²) in [5.41, 5.74) is 2.74. The van der Waals surface area contributed by atoms with Crippen LogP contribution in [0.1, 0.15) is 131 Å². The van der Waals surface area contributed by atoms with E-state index in [1.54, 1.807) is 82.4 Å². The van der Waals surface area contributed by atoms with E-state index in [0.717, 1.165) is 30.7 Å². The normalized spacial score (nSPS) is 22.0. The molecule has 2 aromatic heterocycles. The lowest BCUT2D eigenvalue weighted by Crippen LogP contribution is -2.55. The fraction of sp³-hybridized carbons (Fsp3) is 0.562. The molecular weight excluding hydrogens is 1130 g/mol. The molecule has 0 aliphatic carbocycles. The van der Waals surface area contributed by atoms with E-state index in [1.165, 1.54) is 55.9 Å². The topological polar surface area (TPSA) is 280 Å². The Morgan fingerprint density at radius 3 is 0.955 bits per heavy atom. The fourth-order valence-corrected chi connectivity index (χ4v) is 10.2. The Kier molecular flexibility index (Phi) is 25.6. The van der Waals surface area contributed by atoms with Crippen molar-refractivity contribution in [1.29, 1.82) is 0 Å². The molecule has 24 heteroatoms. The summed E-state index contributed by atoms with van der Waals surface area (Å²) < 4.78 is 27.5. The van der Waals surface area contributed by atoms with Gasteiger partial charge in [-0.1, -0.05) is 104 Å². The van der Waals surface area contributed by atoms with E-state index in [4.69, 9.17) is 18.9 Å². The predicted molar refractivity (Wildman–Crippen MR) is 326 cm³/mol. The quantitative estimate of drug-likeness (QED) is 0.0844. The van der Waals surface area contributed by atoms with Crippen molar-refractivity contribution in [3.63, 3.8) is 0 Å². The van der Waals surface area contributed by atoms with Gasteiger partial charge in [-0.05, 0) is 85.5 Å². The molecule has 88 heavy (non-hydrogen) atoms. The number of hydrogen-bond acceptors (Lipinski definition) is 16. The van der Waals surface area contributed by atoms with E-state index in [0.29, 0.717) is 35.9 Å². The maximum atomic E-state index is 15.1. The van der Waals surface area contributed by atoms with E-state index < -0.39 is 96.1 Å². The van der Waals surface area contributed by atoms with Crippen LogP contribution in [0.2, 0.25) is 0 Å². The number of rotatable bonds is 18. The van der Waals surface area contributed by atoms with Crippen LogP contribution < -0.4 is 10.6 Å². The summed E-state index contributed by atoms with van der Waals surface area (Å²) >= 11 is 0. The summed E-state index contributed by atoms with van der Waals surface area (Å²) in [7, 11) is 5.47. The van der Waals surface area contributed by atoms with Gasteiger partial charge in [0.15, 0.2) is 36.1 Å². The second kappa shape index (κ2) is 32.0. The molecular formula is C64H90N10O14. The number of nitrogens with zero attached hydrogens (tertiary/aromatic N) is 8. The van der Waals surface area contributed by atoms with Crippen molar-refractivity contribution < 1.29 is 66.9 Å². The molecule has 1 saturated heterocycles. The number of ether oxygens (including phenoxy) is 4. The number of benzene rings is 2. The second-order valence-corrected chi connectivity index (χ2v) is 24.6. The highest BCUT2D eigenvalue weighted by molar-refractivity contribution is 5.95. The molecule has 2 N–H and O–H groups in total. The Bertz CT molecular complexity index is 2860. The zero-order valence-corrected chi connectivity index (χ0v) is 53.8. The Labute approximate surface area is 516 Å². The SMILES string of the molecule is CC(=O)Nc1ccn(Cc2ccc(C[C@H]3OC(=O)[C@H](CC(C)C)N(C)C(=O)[C@@H](C)OC(=O)[C@H](CC(C)C)N(C)C(=O)[C@@H](Cc4ccc(Cn5ccc(NC(C)=O)n5)cc4)OC(=O)[C@H](CC(C)C)N(C)C(=O)[C@@H](C)OC(=O)[C@H](CC(C)C)N(C)C3=O)cc2)n1. The van der Waals surface area contributed by atoms with Gasteiger partial charge < -0.3 is 49.2 Å². The lowest BCUT2D eigenvalue weighted by Gasteiger charge is -2.35. The van der Waals surface area contributed by atoms with Crippen LogP contribution in [0.5, 0.6) is 0 Å². The third kappa shape index (κ3) is 20.3. The fourth-order valence-electron chi connectivity index (χ4n) is 10.2. The van der Waals surface area contributed by atoms with Crippen LogP contribution in [0.25, 0.3) is 0 Å². The number of anilines is 2.